The van der Waals surface area contributed by atoms with Crippen LogP contribution in [0.2, 0.25) is 0 Å². The molecule has 2 rings (SSSR count). The third-order valence-electron chi connectivity index (χ3n) is 2.55. The lowest BCUT2D eigenvalue weighted by molar-refractivity contribution is -0.383. The maximum absolute atomic E-state index is 11.9. The standard InChI is InChI=1S/C11H11N5O3/c1-15-10(4-5-13-15)14-11(17)7-2-3-8(12)9(6-7)16(18)19/h2-6H,12H2,1H3,(H,14,17). The number of nitro groups is 1. The van der Waals surface area contributed by atoms with Gasteiger partial charge in [-0.2, -0.15) is 5.10 Å². The van der Waals surface area contributed by atoms with Gasteiger partial charge in [-0.3, -0.25) is 19.6 Å². The second kappa shape index (κ2) is 4.77. The molecule has 0 bridgehead atoms. The third kappa shape index (κ3) is 2.51. The molecule has 0 radical (unpaired) electrons. The number of hydrogen-bond acceptors (Lipinski definition) is 5. The first kappa shape index (κ1) is 12.6. The van der Waals surface area contributed by atoms with Crippen molar-refractivity contribution in [3.8, 4) is 0 Å². The first-order valence-electron chi connectivity index (χ1n) is 5.32. The molecule has 19 heavy (non-hydrogen) atoms. The van der Waals surface area contributed by atoms with Crippen molar-refractivity contribution in [3.63, 3.8) is 0 Å². The minimum absolute atomic E-state index is 0.0158. The van der Waals surface area contributed by atoms with Crippen molar-refractivity contribution in [1.82, 2.24) is 9.78 Å². The van der Waals surface area contributed by atoms with Crippen LogP contribution in [0.3, 0.4) is 0 Å². The largest absolute Gasteiger partial charge is 0.393 e. The molecule has 0 atom stereocenters. The summed E-state index contributed by atoms with van der Waals surface area (Å²) in [6.45, 7) is 0. The van der Waals surface area contributed by atoms with Gasteiger partial charge in [-0.1, -0.05) is 0 Å². The Morgan fingerprint density at radius 3 is 2.79 bits per heavy atom. The van der Waals surface area contributed by atoms with Crippen molar-refractivity contribution < 1.29 is 9.72 Å². The van der Waals surface area contributed by atoms with E-state index >= 15 is 0 Å². The van der Waals surface area contributed by atoms with Gasteiger partial charge in [-0.25, -0.2) is 0 Å². The predicted octanol–water partition coefficient (Wildman–Crippen LogP) is 1.16. The van der Waals surface area contributed by atoms with E-state index in [4.69, 9.17) is 5.73 Å². The van der Waals surface area contributed by atoms with Crippen LogP contribution in [0.25, 0.3) is 0 Å². The summed E-state index contributed by atoms with van der Waals surface area (Å²) >= 11 is 0. The van der Waals surface area contributed by atoms with Gasteiger partial charge in [0.25, 0.3) is 11.6 Å². The Morgan fingerprint density at radius 2 is 2.21 bits per heavy atom. The summed E-state index contributed by atoms with van der Waals surface area (Å²) in [6.07, 6.45) is 1.53. The molecule has 0 unspecified atom stereocenters. The Labute approximate surface area is 108 Å². The number of amides is 1. The Kier molecular flexibility index (Phi) is 3.15. The number of nitrogens with two attached hydrogens (primary N) is 1. The Hall–Kier alpha value is -2.90. The molecule has 1 aromatic carbocycles. The second-order valence-electron chi connectivity index (χ2n) is 3.82. The lowest BCUT2D eigenvalue weighted by atomic mass is 10.1. The van der Waals surface area contributed by atoms with Crippen LogP contribution < -0.4 is 11.1 Å². The number of carbonyl (C=O) groups is 1. The average molecular weight is 261 g/mol. The van der Waals surface area contributed by atoms with E-state index in [0.717, 1.165) is 6.07 Å². The van der Waals surface area contributed by atoms with Crippen LogP contribution in [-0.2, 0) is 7.05 Å². The van der Waals surface area contributed by atoms with E-state index in [1.165, 1.54) is 23.0 Å². The van der Waals surface area contributed by atoms with E-state index in [9.17, 15) is 14.9 Å². The van der Waals surface area contributed by atoms with Gasteiger partial charge in [0.05, 0.1) is 11.1 Å². The zero-order valence-corrected chi connectivity index (χ0v) is 10.0. The summed E-state index contributed by atoms with van der Waals surface area (Å²) in [6, 6.07) is 5.51. The quantitative estimate of drug-likeness (QED) is 0.488. The van der Waals surface area contributed by atoms with Crippen molar-refractivity contribution in [2.45, 2.75) is 0 Å². The van der Waals surface area contributed by atoms with Gasteiger partial charge in [0.2, 0.25) is 0 Å². The van der Waals surface area contributed by atoms with Crippen molar-refractivity contribution in [2.75, 3.05) is 11.1 Å². The van der Waals surface area contributed by atoms with Crippen LogP contribution in [0.4, 0.5) is 17.2 Å². The van der Waals surface area contributed by atoms with Gasteiger partial charge in [-0.15, -0.1) is 0 Å². The topological polar surface area (TPSA) is 116 Å². The van der Waals surface area contributed by atoms with Crippen LogP contribution in [0, 0.1) is 10.1 Å². The lowest BCUT2D eigenvalue weighted by Crippen LogP contribution is -2.15. The summed E-state index contributed by atoms with van der Waals surface area (Å²) < 4.78 is 1.48. The minimum Gasteiger partial charge on any atom is -0.393 e. The summed E-state index contributed by atoms with van der Waals surface area (Å²) in [5, 5.41) is 17.2. The number of nitro benzene ring substituents is 1. The first-order valence-corrected chi connectivity index (χ1v) is 5.32. The number of anilines is 2. The number of carbonyl (C=O) groups excluding carboxylic acids is 1. The van der Waals surface area contributed by atoms with Crippen molar-refractivity contribution in [3.05, 3.63) is 46.1 Å². The number of rotatable bonds is 3. The molecule has 8 nitrogen and oxygen atoms in total. The predicted molar refractivity (Wildman–Crippen MR) is 68.7 cm³/mol. The first-order chi connectivity index (χ1) is 8.99. The number of nitrogen functional groups attached to an aromatic ring is 1. The van der Waals surface area contributed by atoms with Crippen LogP contribution in [-0.4, -0.2) is 20.6 Å². The van der Waals surface area contributed by atoms with Gasteiger partial charge >= 0.3 is 0 Å². The van der Waals surface area contributed by atoms with E-state index in [1.807, 2.05) is 0 Å². The van der Waals surface area contributed by atoms with Gasteiger partial charge in [0.1, 0.15) is 11.5 Å². The molecule has 3 N–H and O–H groups in total. The fourth-order valence-electron chi connectivity index (χ4n) is 1.53. The zero-order chi connectivity index (χ0) is 14.0. The highest BCUT2D eigenvalue weighted by Gasteiger charge is 2.16. The molecule has 0 saturated heterocycles. The maximum Gasteiger partial charge on any atom is 0.292 e. The summed E-state index contributed by atoms with van der Waals surface area (Å²) in [5.74, 6) is 0.0242. The molecule has 0 aliphatic carbocycles. The molecule has 8 heteroatoms. The van der Waals surface area contributed by atoms with Gasteiger partial charge in [0, 0.05) is 24.7 Å². The molecule has 0 aliphatic rings. The monoisotopic (exact) mass is 261 g/mol. The highest BCUT2D eigenvalue weighted by Crippen LogP contribution is 2.22. The number of hydrogen-bond donors (Lipinski definition) is 2. The van der Waals surface area contributed by atoms with E-state index in [0.29, 0.717) is 5.82 Å². The fraction of sp³-hybridized carbons (Fsp3) is 0.0909. The van der Waals surface area contributed by atoms with Gasteiger partial charge in [-0.05, 0) is 12.1 Å². The molecule has 0 fully saturated rings. The van der Waals surface area contributed by atoms with Crippen LogP contribution in [0.15, 0.2) is 30.5 Å². The number of aryl methyl sites for hydroxylation is 1. The molecule has 0 saturated carbocycles. The van der Waals surface area contributed by atoms with E-state index in [-0.39, 0.29) is 16.9 Å². The van der Waals surface area contributed by atoms with Crippen molar-refractivity contribution in [1.29, 1.82) is 0 Å². The molecule has 1 amide bonds. The Balaban J connectivity index is 2.27. The average Bonchev–Trinajstić information content (AvgIpc) is 2.75. The molecule has 2 aromatic rings. The van der Waals surface area contributed by atoms with E-state index < -0.39 is 10.8 Å². The van der Waals surface area contributed by atoms with E-state index in [2.05, 4.69) is 10.4 Å². The maximum atomic E-state index is 11.9. The highest BCUT2D eigenvalue weighted by molar-refractivity contribution is 6.04. The molecule has 1 heterocycles. The lowest BCUT2D eigenvalue weighted by Gasteiger charge is -2.05. The molecular formula is C11H11N5O3. The summed E-state index contributed by atoms with van der Waals surface area (Å²) in [5.41, 5.74) is 5.34. The van der Waals surface area contributed by atoms with Crippen LogP contribution in [0.5, 0.6) is 0 Å². The van der Waals surface area contributed by atoms with Gasteiger partial charge < -0.3 is 11.1 Å². The van der Waals surface area contributed by atoms with Crippen LogP contribution >= 0.6 is 0 Å². The van der Waals surface area contributed by atoms with Crippen LogP contribution in [0.1, 0.15) is 10.4 Å². The normalized spacial score (nSPS) is 10.2. The molecule has 98 valence electrons. The third-order valence-corrected chi connectivity index (χ3v) is 2.55. The van der Waals surface area contributed by atoms with Gasteiger partial charge in [0.15, 0.2) is 0 Å². The summed E-state index contributed by atoms with van der Waals surface area (Å²) in [4.78, 5) is 22.1. The zero-order valence-electron chi connectivity index (χ0n) is 10.0. The number of nitrogens with zero attached hydrogens (tertiary/aromatic N) is 3. The highest BCUT2D eigenvalue weighted by atomic mass is 16.6. The number of nitrogens with one attached hydrogen (secondary N) is 1. The SMILES string of the molecule is Cn1nccc1NC(=O)c1ccc(N)c([N+](=O)[O-])c1. The molecule has 1 aromatic heterocycles. The minimum atomic E-state index is -0.629. The second-order valence-corrected chi connectivity index (χ2v) is 3.82. The van der Waals surface area contributed by atoms with E-state index in [1.54, 1.807) is 13.1 Å². The summed E-state index contributed by atoms with van der Waals surface area (Å²) in [7, 11) is 1.67. The fourth-order valence-corrected chi connectivity index (χ4v) is 1.53. The smallest absolute Gasteiger partial charge is 0.292 e. The Morgan fingerprint density at radius 1 is 1.47 bits per heavy atom. The molecule has 0 aliphatic heterocycles. The molecular weight excluding hydrogens is 250 g/mol. The molecule has 0 spiro atoms. The van der Waals surface area contributed by atoms with Crippen molar-refractivity contribution >= 4 is 23.1 Å². The Bertz CT molecular complexity index is 650. The number of benzene rings is 1. The number of aromatic nitrogens is 2. The van der Waals surface area contributed by atoms with Crippen molar-refractivity contribution in [2.24, 2.45) is 7.05 Å².